The van der Waals surface area contributed by atoms with Gasteiger partial charge in [-0.3, -0.25) is 24.0 Å². The highest BCUT2D eigenvalue weighted by Gasteiger charge is 2.32. The maximum atomic E-state index is 12.7. The molecule has 188 valence electrons. The van der Waals surface area contributed by atoms with Gasteiger partial charge in [0.15, 0.2) is 0 Å². The van der Waals surface area contributed by atoms with Crippen molar-refractivity contribution in [2.45, 2.75) is 69.3 Å². The smallest absolute Gasteiger partial charge is 0.326 e. The van der Waals surface area contributed by atoms with Crippen molar-refractivity contribution in [2.24, 2.45) is 17.2 Å². The third-order valence-electron chi connectivity index (χ3n) is 4.39. The zero-order valence-corrected chi connectivity index (χ0v) is 18.2. The van der Waals surface area contributed by atoms with Gasteiger partial charge in [0.2, 0.25) is 23.6 Å². The molecule has 15 heteroatoms. The molecule has 12 N–H and O–H groups in total. The van der Waals surface area contributed by atoms with Crippen LogP contribution in [0.2, 0.25) is 0 Å². The van der Waals surface area contributed by atoms with E-state index in [0.717, 1.165) is 0 Å². The third-order valence-corrected chi connectivity index (χ3v) is 4.39. The summed E-state index contributed by atoms with van der Waals surface area (Å²) in [5, 5.41) is 34.3. The average molecular weight is 476 g/mol. The van der Waals surface area contributed by atoms with Gasteiger partial charge in [0.1, 0.15) is 18.1 Å². The quantitative estimate of drug-likeness (QED) is 0.0960. The van der Waals surface area contributed by atoms with Crippen LogP contribution in [0.4, 0.5) is 0 Å². The second kappa shape index (κ2) is 14.7. The minimum absolute atomic E-state index is 0.0245. The Bertz CT molecular complexity index is 730. The summed E-state index contributed by atoms with van der Waals surface area (Å²) in [6.45, 7) is 1.46. The largest absolute Gasteiger partial charge is 0.481 e. The van der Waals surface area contributed by atoms with Crippen molar-refractivity contribution in [3.05, 3.63) is 0 Å². The van der Waals surface area contributed by atoms with Crippen LogP contribution in [0.3, 0.4) is 0 Å². The number of hydrogen-bond acceptors (Lipinski definition) is 9. The van der Waals surface area contributed by atoms with Crippen molar-refractivity contribution < 1.29 is 44.1 Å². The summed E-state index contributed by atoms with van der Waals surface area (Å²) in [6, 6.07) is -6.02. The van der Waals surface area contributed by atoms with Crippen LogP contribution in [-0.2, 0) is 28.8 Å². The van der Waals surface area contributed by atoms with Gasteiger partial charge in [-0.15, -0.1) is 0 Å². The highest BCUT2D eigenvalue weighted by molar-refractivity contribution is 5.95. The number of hydrogen-bond donors (Lipinski definition) is 9. The summed E-state index contributed by atoms with van der Waals surface area (Å²) in [4.78, 5) is 70.4. The Labute approximate surface area is 189 Å². The first-order chi connectivity index (χ1) is 15.3. The lowest BCUT2D eigenvalue weighted by Crippen LogP contribution is -2.60. The van der Waals surface area contributed by atoms with Crippen LogP contribution in [0.25, 0.3) is 0 Å². The fourth-order valence-electron chi connectivity index (χ4n) is 2.64. The number of carbonyl (C=O) groups excluding carboxylic acids is 4. The number of aliphatic carboxylic acids is 2. The Morgan fingerprint density at radius 1 is 0.848 bits per heavy atom. The molecule has 0 heterocycles. The molecule has 0 radical (unpaired) electrons. The van der Waals surface area contributed by atoms with Gasteiger partial charge >= 0.3 is 11.9 Å². The third kappa shape index (κ3) is 11.8. The van der Waals surface area contributed by atoms with E-state index < -0.39 is 78.7 Å². The lowest BCUT2D eigenvalue weighted by atomic mass is 10.1. The fraction of sp³-hybridized carbons (Fsp3) is 0.667. The predicted molar refractivity (Wildman–Crippen MR) is 112 cm³/mol. The van der Waals surface area contributed by atoms with Gasteiger partial charge in [-0.1, -0.05) is 0 Å². The molecular weight excluding hydrogens is 444 g/mol. The topological polar surface area (TPSA) is 277 Å². The Morgan fingerprint density at radius 2 is 1.42 bits per heavy atom. The summed E-state index contributed by atoms with van der Waals surface area (Å²) in [5.74, 6) is -6.80. The molecule has 0 fully saturated rings. The van der Waals surface area contributed by atoms with Crippen LogP contribution >= 0.6 is 0 Å². The van der Waals surface area contributed by atoms with Gasteiger partial charge in [-0.05, 0) is 32.7 Å². The van der Waals surface area contributed by atoms with Crippen LogP contribution in [0.15, 0.2) is 0 Å². The highest BCUT2D eigenvalue weighted by Crippen LogP contribution is 2.05. The van der Waals surface area contributed by atoms with E-state index in [1.807, 2.05) is 0 Å². The number of carbonyl (C=O) groups is 6. The molecule has 0 saturated heterocycles. The molecule has 0 aliphatic carbocycles. The summed E-state index contributed by atoms with van der Waals surface area (Å²) in [6.07, 6.45) is -2.00. The van der Waals surface area contributed by atoms with Crippen molar-refractivity contribution in [3.8, 4) is 0 Å². The molecule has 0 aliphatic rings. The van der Waals surface area contributed by atoms with Crippen LogP contribution < -0.4 is 33.2 Å². The summed E-state index contributed by atoms with van der Waals surface area (Å²) >= 11 is 0. The van der Waals surface area contributed by atoms with E-state index in [-0.39, 0.29) is 13.0 Å². The van der Waals surface area contributed by atoms with Crippen LogP contribution in [0.1, 0.15) is 39.0 Å². The predicted octanol–water partition coefficient (Wildman–Crippen LogP) is -4.29. The van der Waals surface area contributed by atoms with Gasteiger partial charge in [-0.2, -0.15) is 0 Å². The van der Waals surface area contributed by atoms with E-state index in [2.05, 4.69) is 16.0 Å². The minimum atomic E-state index is -1.63. The average Bonchev–Trinajstić information content (AvgIpc) is 2.69. The van der Waals surface area contributed by atoms with E-state index in [1.165, 1.54) is 6.92 Å². The summed E-state index contributed by atoms with van der Waals surface area (Å²) in [7, 11) is 0. The molecule has 15 nitrogen and oxygen atoms in total. The molecular formula is C18H32N6O9. The molecule has 0 aromatic rings. The van der Waals surface area contributed by atoms with Crippen molar-refractivity contribution in [1.82, 2.24) is 16.0 Å². The van der Waals surface area contributed by atoms with Gasteiger partial charge in [0.05, 0.1) is 25.0 Å². The number of rotatable bonds is 16. The molecule has 0 rings (SSSR count). The van der Waals surface area contributed by atoms with Crippen molar-refractivity contribution in [3.63, 3.8) is 0 Å². The maximum Gasteiger partial charge on any atom is 0.326 e. The molecule has 0 aromatic carbocycles. The van der Waals surface area contributed by atoms with Crippen molar-refractivity contribution in [1.29, 1.82) is 0 Å². The molecule has 0 saturated carbocycles. The number of carboxylic acid groups (broad SMARTS) is 2. The first-order valence-electron chi connectivity index (χ1n) is 10.1. The Kier molecular flexibility index (Phi) is 13.2. The molecule has 4 amide bonds. The number of primary amides is 1. The van der Waals surface area contributed by atoms with E-state index in [9.17, 15) is 33.9 Å². The number of nitrogens with two attached hydrogens (primary N) is 3. The first-order valence-corrected chi connectivity index (χ1v) is 10.1. The van der Waals surface area contributed by atoms with Crippen molar-refractivity contribution in [2.75, 3.05) is 6.54 Å². The zero-order valence-electron chi connectivity index (χ0n) is 18.2. The maximum absolute atomic E-state index is 12.7. The minimum Gasteiger partial charge on any atom is -0.481 e. The van der Waals surface area contributed by atoms with Crippen LogP contribution in [0.5, 0.6) is 0 Å². The fourth-order valence-corrected chi connectivity index (χ4v) is 2.64. The highest BCUT2D eigenvalue weighted by atomic mass is 16.4. The van der Waals surface area contributed by atoms with Gasteiger partial charge in [-0.25, -0.2) is 4.79 Å². The van der Waals surface area contributed by atoms with Crippen molar-refractivity contribution >= 4 is 35.6 Å². The molecule has 0 bridgehead atoms. The van der Waals surface area contributed by atoms with Crippen LogP contribution in [0, 0.1) is 0 Å². The Hall–Kier alpha value is -3.30. The molecule has 0 aromatic heterocycles. The van der Waals surface area contributed by atoms with E-state index >= 15 is 0 Å². The molecule has 0 aliphatic heterocycles. The van der Waals surface area contributed by atoms with E-state index in [0.29, 0.717) is 12.8 Å². The lowest BCUT2D eigenvalue weighted by Gasteiger charge is -2.26. The van der Waals surface area contributed by atoms with Crippen LogP contribution in [-0.4, -0.2) is 87.7 Å². The molecule has 5 unspecified atom stereocenters. The number of carboxylic acids is 2. The number of aliphatic hydroxyl groups excluding tert-OH is 1. The Morgan fingerprint density at radius 3 is 1.88 bits per heavy atom. The standard InChI is InChI=1S/C18H32N6O9/c1-8(25)14(24-15(29)9(20)6-13(27)28)17(31)22-10(4-2-3-5-19)16(30)23-11(18(32)33)7-12(21)26/h8-11,14,25H,2-7,19-20H2,1H3,(H2,21,26)(H,22,31)(H,23,30)(H,24,29)(H,27,28)(H,32,33). The van der Waals surface area contributed by atoms with Gasteiger partial charge in [0, 0.05) is 0 Å². The summed E-state index contributed by atoms with van der Waals surface area (Å²) < 4.78 is 0. The van der Waals surface area contributed by atoms with Gasteiger partial charge < -0.3 is 48.5 Å². The van der Waals surface area contributed by atoms with E-state index in [1.54, 1.807) is 0 Å². The first kappa shape index (κ1) is 29.7. The normalized spacial score (nSPS) is 15.3. The van der Waals surface area contributed by atoms with Gasteiger partial charge in [0.25, 0.3) is 0 Å². The number of aliphatic hydroxyl groups is 1. The zero-order chi connectivity index (χ0) is 25.7. The number of unbranched alkanes of at least 4 members (excludes halogenated alkanes) is 1. The SMILES string of the molecule is CC(O)C(NC(=O)C(N)CC(=O)O)C(=O)NC(CCCCN)C(=O)NC(CC(N)=O)C(=O)O. The Balaban J connectivity index is 5.47. The monoisotopic (exact) mass is 476 g/mol. The summed E-state index contributed by atoms with van der Waals surface area (Å²) in [5.41, 5.74) is 15.9. The molecule has 5 atom stereocenters. The van der Waals surface area contributed by atoms with E-state index in [4.69, 9.17) is 27.4 Å². The molecule has 0 spiro atoms. The lowest BCUT2D eigenvalue weighted by molar-refractivity contribution is -0.144. The second-order valence-electron chi connectivity index (χ2n) is 7.35. The number of nitrogens with one attached hydrogen (secondary N) is 3. The number of amides is 4. The molecule has 33 heavy (non-hydrogen) atoms. The second-order valence-corrected chi connectivity index (χ2v) is 7.35.